The number of urea groups is 1. The minimum Gasteiger partial charge on any atom is -0.497 e. The summed E-state index contributed by atoms with van der Waals surface area (Å²) in [5, 5.41) is 2.99. The Labute approximate surface area is 195 Å². The van der Waals surface area contributed by atoms with Crippen LogP contribution in [0.3, 0.4) is 0 Å². The Balaban J connectivity index is 1.41. The lowest BCUT2D eigenvalue weighted by atomic mass is 9.96. The number of ether oxygens (including phenoxy) is 2. The van der Waals surface area contributed by atoms with Crippen molar-refractivity contribution >= 4 is 11.7 Å². The van der Waals surface area contributed by atoms with Crippen LogP contribution < -0.4 is 14.8 Å². The highest BCUT2D eigenvalue weighted by molar-refractivity contribution is 5.91. The Morgan fingerprint density at radius 3 is 2.18 bits per heavy atom. The maximum atomic E-state index is 12.9. The molecule has 0 bridgehead atoms. The summed E-state index contributed by atoms with van der Waals surface area (Å²) in [4.78, 5) is 17.3. The second kappa shape index (κ2) is 10.9. The Morgan fingerprint density at radius 1 is 0.879 bits per heavy atom. The van der Waals surface area contributed by atoms with E-state index in [2.05, 4.69) is 70.9 Å². The van der Waals surface area contributed by atoms with Crippen LogP contribution in [0.1, 0.15) is 17.2 Å². The lowest BCUT2D eigenvalue weighted by Crippen LogP contribution is -2.51. The average Bonchev–Trinajstić information content (AvgIpc) is 2.88. The average molecular weight is 446 g/mol. The number of rotatable bonds is 7. The van der Waals surface area contributed by atoms with Gasteiger partial charge in [0.2, 0.25) is 0 Å². The first kappa shape index (κ1) is 22.7. The second-order valence-corrected chi connectivity index (χ2v) is 8.14. The van der Waals surface area contributed by atoms with Crippen molar-refractivity contribution in [2.24, 2.45) is 0 Å². The van der Waals surface area contributed by atoms with Crippen LogP contribution in [-0.2, 0) is 6.42 Å². The fourth-order valence-corrected chi connectivity index (χ4v) is 4.30. The van der Waals surface area contributed by atoms with Crippen LogP contribution >= 0.6 is 0 Å². The third kappa shape index (κ3) is 5.65. The molecule has 1 heterocycles. The van der Waals surface area contributed by atoms with E-state index in [1.807, 2.05) is 11.0 Å². The number of carbonyl (C=O) groups excluding carboxylic acids is 1. The Bertz CT molecular complexity index is 1030. The lowest BCUT2D eigenvalue weighted by molar-refractivity contribution is 0.112. The molecule has 0 saturated carbocycles. The number of methoxy groups -OCH3 is 2. The van der Waals surface area contributed by atoms with Crippen molar-refractivity contribution in [3.05, 3.63) is 90.0 Å². The van der Waals surface area contributed by atoms with Crippen LogP contribution in [0, 0.1) is 0 Å². The molecule has 0 spiro atoms. The van der Waals surface area contributed by atoms with E-state index >= 15 is 0 Å². The summed E-state index contributed by atoms with van der Waals surface area (Å²) < 4.78 is 10.6. The minimum absolute atomic E-state index is 0.113. The van der Waals surface area contributed by atoms with Gasteiger partial charge in [-0.15, -0.1) is 0 Å². The van der Waals surface area contributed by atoms with Gasteiger partial charge >= 0.3 is 6.03 Å². The van der Waals surface area contributed by atoms with Gasteiger partial charge in [0, 0.05) is 38.3 Å². The third-order valence-corrected chi connectivity index (χ3v) is 6.15. The Hall–Kier alpha value is -3.51. The second-order valence-electron chi connectivity index (χ2n) is 8.14. The zero-order chi connectivity index (χ0) is 23.0. The first-order valence-electron chi connectivity index (χ1n) is 11.3. The molecular formula is C27H31N3O3. The van der Waals surface area contributed by atoms with Gasteiger partial charge in [0.05, 0.1) is 19.9 Å². The van der Waals surface area contributed by atoms with Gasteiger partial charge in [-0.1, -0.05) is 60.7 Å². The molecule has 33 heavy (non-hydrogen) atoms. The van der Waals surface area contributed by atoms with Gasteiger partial charge in [-0.2, -0.15) is 0 Å². The topological polar surface area (TPSA) is 54.0 Å². The minimum atomic E-state index is -0.113. The molecule has 1 aliphatic heterocycles. The third-order valence-electron chi connectivity index (χ3n) is 6.15. The molecule has 6 heteroatoms. The molecule has 2 amide bonds. The van der Waals surface area contributed by atoms with Crippen LogP contribution in [0.25, 0.3) is 0 Å². The van der Waals surface area contributed by atoms with Crippen molar-refractivity contribution in [2.45, 2.75) is 12.5 Å². The van der Waals surface area contributed by atoms with Gasteiger partial charge in [-0.05, 0) is 29.7 Å². The number of hydrogen-bond donors (Lipinski definition) is 1. The molecule has 1 N–H and O–H groups in total. The molecule has 4 rings (SSSR count). The molecule has 1 saturated heterocycles. The predicted octanol–water partition coefficient (Wildman–Crippen LogP) is 4.84. The summed E-state index contributed by atoms with van der Waals surface area (Å²) in [6.45, 7) is 2.98. The normalized spacial score (nSPS) is 15.0. The standard InChI is InChI=1S/C27H31N3O3/c1-32-23-13-14-24(26(20-23)33-2)28-27(31)30-17-15-29(16-18-30)25(22-11-7-4-8-12-22)19-21-9-5-3-6-10-21/h3-14,20,25H,15-19H2,1-2H3,(H,28,31). The van der Waals surface area contributed by atoms with E-state index in [0.717, 1.165) is 19.5 Å². The van der Waals surface area contributed by atoms with Gasteiger partial charge in [-0.3, -0.25) is 4.90 Å². The molecule has 1 atom stereocenters. The summed E-state index contributed by atoms with van der Waals surface area (Å²) in [6, 6.07) is 26.8. The van der Waals surface area contributed by atoms with Crippen molar-refractivity contribution in [3.8, 4) is 11.5 Å². The number of amides is 2. The fourth-order valence-electron chi connectivity index (χ4n) is 4.30. The maximum Gasteiger partial charge on any atom is 0.322 e. The largest absolute Gasteiger partial charge is 0.497 e. The highest BCUT2D eigenvalue weighted by Crippen LogP contribution is 2.30. The molecule has 0 radical (unpaired) electrons. The molecule has 1 fully saturated rings. The lowest BCUT2D eigenvalue weighted by Gasteiger charge is -2.39. The van der Waals surface area contributed by atoms with E-state index in [-0.39, 0.29) is 12.1 Å². The van der Waals surface area contributed by atoms with Crippen LogP contribution in [-0.4, -0.2) is 56.2 Å². The molecule has 1 unspecified atom stereocenters. The molecule has 1 aliphatic rings. The van der Waals surface area contributed by atoms with Crippen LogP contribution in [0.4, 0.5) is 10.5 Å². The number of carbonyl (C=O) groups is 1. The fraction of sp³-hybridized carbons (Fsp3) is 0.296. The number of nitrogens with one attached hydrogen (secondary N) is 1. The molecule has 3 aromatic carbocycles. The first-order chi connectivity index (χ1) is 16.2. The zero-order valence-corrected chi connectivity index (χ0v) is 19.2. The summed E-state index contributed by atoms with van der Waals surface area (Å²) in [5.74, 6) is 1.26. The van der Waals surface area contributed by atoms with Crippen molar-refractivity contribution < 1.29 is 14.3 Å². The van der Waals surface area contributed by atoms with Crippen molar-refractivity contribution in [3.63, 3.8) is 0 Å². The van der Waals surface area contributed by atoms with Gasteiger partial charge in [0.15, 0.2) is 0 Å². The van der Waals surface area contributed by atoms with Crippen molar-refractivity contribution in [2.75, 3.05) is 45.7 Å². The van der Waals surface area contributed by atoms with E-state index in [1.165, 1.54) is 11.1 Å². The smallest absolute Gasteiger partial charge is 0.322 e. The van der Waals surface area contributed by atoms with Crippen molar-refractivity contribution in [1.29, 1.82) is 0 Å². The van der Waals surface area contributed by atoms with Crippen LogP contribution in [0.15, 0.2) is 78.9 Å². The molecule has 3 aromatic rings. The van der Waals surface area contributed by atoms with E-state index in [1.54, 1.807) is 26.4 Å². The number of piperazine rings is 1. The van der Waals surface area contributed by atoms with Crippen LogP contribution in [0.5, 0.6) is 11.5 Å². The van der Waals surface area contributed by atoms with E-state index < -0.39 is 0 Å². The van der Waals surface area contributed by atoms with Crippen molar-refractivity contribution in [1.82, 2.24) is 9.80 Å². The Morgan fingerprint density at radius 2 is 1.55 bits per heavy atom. The summed E-state index contributed by atoms with van der Waals surface area (Å²) in [5.41, 5.74) is 3.26. The van der Waals surface area contributed by atoms with Crippen LogP contribution in [0.2, 0.25) is 0 Å². The summed E-state index contributed by atoms with van der Waals surface area (Å²) >= 11 is 0. The number of anilines is 1. The predicted molar refractivity (Wildman–Crippen MR) is 131 cm³/mol. The number of benzene rings is 3. The first-order valence-corrected chi connectivity index (χ1v) is 11.3. The quantitative estimate of drug-likeness (QED) is 0.566. The van der Waals surface area contributed by atoms with Gasteiger partial charge in [0.25, 0.3) is 0 Å². The SMILES string of the molecule is COc1ccc(NC(=O)N2CCN(C(Cc3ccccc3)c3ccccc3)CC2)c(OC)c1. The summed E-state index contributed by atoms with van der Waals surface area (Å²) in [7, 11) is 3.19. The molecular weight excluding hydrogens is 414 g/mol. The number of nitrogens with zero attached hydrogens (tertiary/aromatic N) is 2. The van der Waals surface area contributed by atoms with Gasteiger partial charge in [-0.25, -0.2) is 4.79 Å². The molecule has 0 aromatic heterocycles. The van der Waals surface area contributed by atoms with Gasteiger partial charge < -0.3 is 19.7 Å². The molecule has 0 aliphatic carbocycles. The van der Waals surface area contributed by atoms with E-state index in [0.29, 0.717) is 30.3 Å². The monoisotopic (exact) mass is 445 g/mol. The highest BCUT2D eigenvalue weighted by atomic mass is 16.5. The van der Waals surface area contributed by atoms with E-state index in [4.69, 9.17) is 9.47 Å². The zero-order valence-electron chi connectivity index (χ0n) is 19.2. The Kier molecular flexibility index (Phi) is 7.47. The molecule has 172 valence electrons. The van der Waals surface area contributed by atoms with Gasteiger partial charge in [0.1, 0.15) is 11.5 Å². The van der Waals surface area contributed by atoms with E-state index in [9.17, 15) is 4.79 Å². The maximum absolute atomic E-state index is 12.9. The molecule has 6 nitrogen and oxygen atoms in total. The highest BCUT2D eigenvalue weighted by Gasteiger charge is 2.27. The summed E-state index contributed by atoms with van der Waals surface area (Å²) in [6.07, 6.45) is 0.945. The number of hydrogen-bond acceptors (Lipinski definition) is 4.